The third kappa shape index (κ3) is 6.40. The van der Waals surface area contributed by atoms with Gasteiger partial charge in [0.1, 0.15) is 0 Å². The molecule has 0 bridgehead atoms. The van der Waals surface area contributed by atoms with E-state index in [-0.39, 0.29) is 0 Å². The van der Waals surface area contributed by atoms with E-state index in [1.807, 2.05) is 0 Å². The van der Waals surface area contributed by atoms with E-state index in [9.17, 15) is 0 Å². The molecule has 0 amide bonds. The first kappa shape index (κ1) is 34.5. The quantitative estimate of drug-likeness (QED) is 0.147. The Kier molecular flexibility index (Phi) is 8.56. The summed E-state index contributed by atoms with van der Waals surface area (Å²) in [6.07, 6.45) is 0. The van der Waals surface area contributed by atoms with Gasteiger partial charge in [-0.1, -0.05) is 188 Å². The molecule has 11 aromatic rings. The number of anilines is 3. The van der Waals surface area contributed by atoms with Gasteiger partial charge in [-0.2, -0.15) is 0 Å². The Balaban J connectivity index is 1.13. The molecule has 276 valence electrons. The molecule has 0 radical (unpaired) electrons. The Morgan fingerprint density at radius 2 is 0.746 bits per heavy atom. The van der Waals surface area contributed by atoms with Gasteiger partial charge in [-0.15, -0.1) is 0 Å². The normalized spacial score (nSPS) is 11.4. The Bertz CT molecular complexity index is 3320. The summed E-state index contributed by atoms with van der Waals surface area (Å²) in [7, 11) is 0. The van der Waals surface area contributed by atoms with Crippen molar-refractivity contribution in [3.63, 3.8) is 0 Å². The fourth-order valence-corrected chi connectivity index (χ4v) is 8.83. The van der Waals surface area contributed by atoms with Crippen LogP contribution >= 0.6 is 0 Å². The third-order valence-corrected chi connectivity index (χ3v) is 11.8. The Morgan fingerprint density at radius 1 is 0.220 bits per heavy atom. The molecule has 0 fully saturated rings. The zero-order valence-corrected chi connectivity index (χ0v) is 32.5. The van der Waals surface area contributed by atoms with Crippen molar-refractivity contribution in [1.29, 1.82) is 0 Å². The van der Waals surface area contributed by atoms with Crippen molar-refractivity contribution in [2.45, 2.75) is 0 Å². The van der Waals surface area contributed by atoms with E-state index in [1.54, 1.807) is 0 Å². The van der Waals surface area contributed by atoms with Crippen LogP contribution in [0.4, 0.5) is 17.1 Å². The van der Waals surface area contributed by atoms with Gasteiger partial charge in [0.2, 0.25) is 0 Å². The minimum absolute atomic E-state index is 1.09. The highest BCUT2D eigenvalue weighted by molar-refractivity contribution is 6.14. The fourth-order valence-electron chi connectivity index (χ4n) is 8.83. The molecular weight excluding hydrogens is 711 g/mol. The molecule has 0 atom stereocenters. The van der Waals surface area contributed by atoms with Crippen LogP contribution in [0.3, 0.4) is 0 Å². The Hall–Kier alpha value is -7.74. The van der Waals surface area contributed by atoms with Crippen LogP contribution in [-0.2, 0) is 0 Å². The fraction of sp³-hybridized carbons (Fsp3) is 0. The van der Waals surface area contributed by atoms with Crippen molar-refractivity contribution < 1.29 is 0 Å². The average Bonchev–Trinajstić information content (AvgIpc) is 3.31. The molecule has 0 saturated heterocycles. The molecule has 0 unspecified atom stereocenters. The molecule has 1 heteroatoms. The lowest BCUT2D eigenvalue weighted by Crippen LogP contribution is -2.11. The van der Waals surface area contributed by atoms with Crippen LogP contribution in [0.2, 0.25) is 0 Å². The standard InChI is InChI=1S/C58H39N/c1-2-15-43(16-3-1)54-34-31-50(57-38-49-19-8-9-22-53(49)55-23-10-11-24-56(55)57)39-58(54)59(51-32-29-42(30-33-51)47-27-25-40-13-4-6-17-44(40)35-47)52-21-12-20-46(37-52)48-28-26-41-14-5-7-18-45(41)36-48/h1-39H. The van der Waals surface area contributed by atoms with E-state index >= 15 is 0 Å². The van der Waals surface area contributed by atoms with Crippen LogP contribution in [0.15, 0.2) is 237 Å². The maximum atomic E-state index is 2.45. The molecule has 11 aromatic carbocycles. The minimum Gasteiger partial charge on any atom is -0.310 e. The molecular formula is C58H39N. The van der Waals surface area contributed by atoms with Crippen molar-refractivity contribution in [3.8, 4) is 44.5 Å². The van der Waals surface area contributed by atoms with Gasteiger partial charge >= 0.3 is 0 Å². The summed E-state index contributed by atoms with van der Waals surface area (Å²) in [6.45, 7) is 0. The summed E-state index contributed by atoms with van der Waals surface area (Å²) in [5.41, 5.74) is 12.8. The number of hydrogen-bond acceptors (Lipinski definition) is 1. The number of benzene rings is 11. The van der Waals surface area contributed by atoms with Gasteiger partial charge in [0.05, 0.1) is 5.69 Å². The summed E-state index contributed by atoms with van der Waals surface area (Å²) in [5.74, 6) is 0. The van der Waals surface area contributed by atoms with Gasteiger partial charge in [0.15, 0.2) is 0 Å². The highest BCUT2D eigenvalue weighted by Crippen LogP contribution is 2.45. The predicted octanol–water partition coefficient (Wildman–Crippen LogP) is 16.4. The molecule has 11 rings (SSSR count). The molecule has 0 aliphatic carbocycles. The first-order chi connectivity index (χ1) is 29.2. The smallest absolute Gasteiger partial charge is 0.0546 e. The van der Waals surface area contributed by atoms with E-state index in [4.69, 9.17) is 0 Å². The second-order valence-corrected chi connectivity index (χ2v) is 15.3. The van der Waals surface area contributed by atoms with Gasteiger partial charge in [0.25, 0.3) is 0 Å². The lowest BCUT2D eigenvalue weighted by Gasteiger charge is -2.29. The molecule has 59 heavy (non-hydrogen) atoms. The van der Waals surface area contributed by atoms with Gasteiger partial charge in [0, 0.05) is 16.9 Å². The third-order valence-electron chi connectivity index (χ3n) is 11.8. The molecule has 0 heterocycles. The van der Waals surface area contributed by atoms with E-state index in [2.05, 4.69) is 241 Å². The second kappa shape index (κ2) is 14.6. The summed E-state index contributed by atoms with van der Waals surface area (Å²) in [6, 6.07) is 86.5. The number of fused-ring (bicyclic) bond motifs is 5. The lowest BCUT2D eigenvalue weighted by molar-refractivity contribution is 1.28. The van der Waals surface area contributed by atoms with Gasteiger partial charge < -0.3 is 4.90 Å². The molecule has 0 aromatic heterocycles. The van der Waals surface area contributed by atoms with E-state index in [1.165, 1.54) is 82.0 Å². The molecule has 0 spiro atoms. The summed E-state index contributed by atoms with van der Waals surface area (Å²) < 4.78 is 0. The molecule has 0 aliphatic heterocycles. The minimum atomic E-state index is 1.09. The zero-order chi connectivity index (χ0) is 39.1. The average molecular weight is 750 g/mol. The van der Waals surface area contributed by atoms with Crippen LogP contribution in [0.25, 0.3) is 87.6 Å². The first-order valence-corrected chi connectivity index (χ1v) is 20.3. The zero-order valence-electron chi connectivity index (χ0n) is 32.5. The maximum absolute atomic E-state index is 2.45. The van der Waals surface area contributed by atoms with Crippen LogP contribution in [0.5, 0.6) is 0 Å². The van der Waals surface area contributed by atoms with Crippen LogP contribution in [0.1, 0.15) is 0 Å². The van der Waals surface area contributed by atoms with Gasteiger partial charge in [-0.05, 0) is 131 Å². The summed E-state index contributed by atoms with van der Waals surface area (Å²) in [5, 5.41) is 9.98. The summed E-state index contributed by atoms with van der Waals surface area (Å²) in [4.78, 5) is 2.45. The van der Waals surface area contributed by atoms with Gasteiger partial charge in [-0.25, -0.2) is 0 Å². The van der Waals surface area contributed by atoms with Crippen LogP contribution < -0.4 is 4.90 Å². The highest BCUT2D eigenvalue weighted by atomic mass is 15.1. The predicted molar refractivity (Wildman–Crippen MR) is 253 cm³/mol. The van der Waals surface area contributed by atoms with E-state index in [0.717, 1.165) is 22.6 Å². The largest absolute Gasteiger partial charge is 0.310 e. The van der Waals surface area contributed by atoms with Crippen molar-refractivity contribution in [1.82, 2.24) is 0 Å². The highest BCUT2D eigenvalue weighted by Gasteiger charge is 2.20. The second-order valence-electron chi connectivity index (χ2n) is 15.3. The number of rotatable bonds is 7. The van der Waals surface area contributed by atoms with E-state index in [0.29, 0.717) is 0 Å². The lowest BCUT2D eigenvalue weighted by atomic mass is 9.91. The SMILES string of the molecule is c1ccc(-c2ccc(-c3cc4ccccc4c4ccccc34)cc2N(c2ccc(-c3ccc4ccccc4c3)cc2)c2cccc(-c3ccc4ccccc4c3)c2)cc1. The van der Waals surface area contributed by atoms with Crippen molar-refractivity contribution in [2.75, 3.05) is 4.90 Å². The number of hydrogen-bond donors (Lipinski definition) is 0. The Labute approximate surface area is 344 Å². The topological polar surface area (TPSA) is 3.24 Å². The molecule has 0 saturated carbocycles. The van der Waals surface area contributed by atoms with Crippen molar-refractivity contribution in [2.24, 2.45) is 0 Å². The Morgan fingerprint density at radius 3 is 1.46 bits per heavy atom. The van der Waals surface area contributed by atoms with Gasteiger partial charge in [-0.3, -0.25) is 0 Å². The maximum Gasteiger partial charge on any atom is 0.0546 e. The molecule has 1 nitrogen and oxygen atoms in total. The summed E-state index contributed by atoms with van der Waals surface area (Å²) >= 11 is 0. The molecule has 0 N–H and O–H groups in total. The van der Waals surface area contributed by atoms with Crippen LogP contribution in [0, 0.1) is 0 Å². The van der Waals surface area contributed by atoms with Crippen molar-refractivity contribution >= 4 is 60.2 Å². The van der Waals surface area contributed by atoms with Crippen molar-refractivity contribution in [3.05, 3.63) is 237 Å². The van der Waals surface area contributed by atoms with Crippen LogP contribution in [-0.4, -0.2) is 0 Å². The first-order valence-electron chi connectivity index (χ1n) is 20.3. The molecule has 0 aliphatic rings. The monoisotopic (exact) mass is 749 g/mol. The van der Waals surface area contributed by atoms with E-state index < -0.39 is 0 Å². The number of nitrogens with zero attached hydrogens (tertiary/aromatic N) is 1.